The highest BCUT2D eigenvalue weighted by atomic mass is 16.5. The molecule has 0 aliphatic rings. The van der Waals surface area contributed by atoms with Gasteiger partial charge in [0.25, 0.3) is 5.91 Å². The molecule has 7 nitrogen and oxygen atoms in total. The Labute approximate surface area is 184 Å². The summed E-state index contributed by atoms with van der Waals surface area (Å²) in [5.41, 5.74) is 2.03. The van der Waals surface area contributed by atoms with Crippen molar-refractivity contribution in [2.24, 2.45) is 0 Å². The van der Waals surface area contributed by atoms with Crippen molar-refractivity contribution < 1.29 is 23.8 Å². The standard InChI is InChI=1S/C24H32N2O5/c1-16(2)25-24(28)18(4)26(14-19-10-8-7-9-17(19)3)23(27)15-31-22-12-20(29-5)11-21(13-22)30-6/h7-13,16,18H,14-15H2,1-6H3,(H,25,28). The maximum absolute atomic E-state index is 13.1. The second kappa shape index (κ2) is 11.2. The van der Waals surface area contributed by atoms with Crippen molar-refractivity contribution in [1.82, 2.24) is 10.2 Å². The summed E-state index contributed by atoms with van der Waals surface area (Å²) in [5.74, 6) is 1.06. The first kappa shape index (κ1) is 24.1. The molecule has 7 heteroatoms. The molecule has 0 bridgehead atoms. The Balaban J connectivity index is 2.21. The van der Waals surface area contributed by atoms with E-state index in [0.29, 0.717) is 23.8 Å². The quantitative estimate of drug-likeness (QED) is 0.628. The molecule has 2 aromatic rings. The zero-order valence-corrected chi connectivity index (χ0v) is 19.1. The van der Waals surface area contributed by atoms with Gasteiger partial charge in [0.2, 0.25) is 5.91 Å². The normalized spacial score (nSPS) is 11.6. The molecule has 0 aromatic heterocycles. The van der Waals surface area contributed by atoms with Gasteiger partial charge in [0.15, 0.2) is 6.61 Å². The lowest BCUT2D eigenvalue weighted by Gasteiger charge is -2.29. The van der Waals surface area contributed by atoms with Gasteiger partial charge in [-0.3, -0.25) is 9.59 Å². The Morgan fingerprint density at radius 2 is 1.55 bits per heavy atom. The van der Waals surface area contributed by atoms with Gasteiger partial charge in [-0.05, 0) is 38.8 Å². The van der Waals surface area contributed by atoms with Gasteiger partial charge in [0.05, 0.1) is 14.2 Å². The van der Waals surface area contributed by atoms with Crippen molar-refractivity contribution in [3.05, 3.63) is 53.6 Å². The van der Waals surface area contributed by atoms with Crippen LogP contribution in [0.25, 0.3) is 0 Å². The van der Waals surface area contributed by atoms with Crippen LogP contribution in [0.3, 0.4) is 0 Å². The fraction of sp³-hybridized carbons (Fsp3) is 0.417. The molecule has 2 rings (SSSR count). The van der Waals surface area contributed by atoms with Crippen molar-refractivity contribution in [1.29, 1.82) is 0 Å². The molecule has 1 unspecified atom stereocenters. The number of carbonyl (C=O) groups excluding carboxylic acids is 2. The molecule has 0 radical (unpaired) electrons. The number of ether oxygens (including phenoxy) is 3. The largest absolute Gasteiger partial charge is 0.496 e. The predicted molar refractivity (Wildman–Crippen MR) is 120 cm³/mol. The van der Waals surface area contributed by atoms with E-state index >= 15 is 0 Å². The summed E-state index contributed by atoms with van der Waals surface area (Å²) in [4.78, 5) is 27.3. The molecule has 0 saturated heterocycles. The number of benzene rings is 2. The van der Waals surface area contributed by atoms with E-state index in [0.717, 1.165) is 11.1 Å². The van der Waals surface area contributed by atoms with Gasteiger partial charge in [0, 0.05) is 30.8 Å². The van der Waals surface area contributed by atoms with Crippen LogP contribution in [0.2, 0.25) is 0 Å². The molecule has 1 N–H and O–H groups in total. The van der Waals surface area contributed by atoms with Gasteiger partial charge >= 0.3 is 0 Å². The summed E-state index contributed by atoms with van der Waals surface area (Å²) in [7, 11) is 3.09. The number of nitrogens with one attached hydrogen (secondary N) is 1. The van der Waals surface area contributed by atoms with Crippen molar-refractivity contribution in [3.8, 4) is 17.2 Å². The van der Waals surface area contributed by atoms with Crippen molar-refractivity contribution in [3.63, 3.8) is 0 Å². The van der Waals surface area contributed by atoms with E-state index < -0.39 is 6.04 Å². The van der Waals surface area contributed by atoms with Crippen molar-refractivity contribution in [2.75, 3.05) is 20.8 Å². The van der Waals surface area contributed by atoms with E-state index in [9.17, 15) is 9.59 Å². The fourth-order valence-corrected chi connectivity index (χ4v) is 3.05. The lowest BCUT2D eigenvalue weighted by atomic mass is 10.1. The minimum absolute atomic E-state index is 0.0224. The Hall–Kier alpha value is -3.22. The molecular formula is C24H32N2O5. The molecule has 0 fully saturated rings. The maximum Gasteiger partial charge on any atom is 0.261 e. The number of nitrogens with zero attached hydrogens (tertiary/aromatic N) is 1. The van der Waals surface area contributed by atoms with Gasteiger partial charge in [0.1, 0.15) is 23.3 Å². The van der Waals surface area contributed by atoms with Crippen LogP contribution < -0.4 is 19.5 Å². The highest BCUT2D eigenvalue weighted by molar-refractivity contribution is 5.88. The van der Waals surface area contributed by atoms with Crippen LogP contribution in [-0.2, 0) is 16.1 Å². The number of hydrogen-bond donors (Lipinski definition) is 1. The lowest BCUT2D eigenvalue weighted by molar-refractivity contribution is -0.142. The molecular weight excluding hydrogens is 396 g/mol. The minimum Gasteiger partial charge on any atom is -0.496 e. The Bertz CT molecular complexity index is 875. The Morgan fingerprint density at radius 1 is 0.968 bits per heavy atom. The third-order valence-electron chi connectivity index (χ3n) is 4.89. The first-order chi connectivity index (χ1) is 14.7. The second-order valence-corrected chi connectivity index (χ2v) is 7.62. The molecule has 31 heavy (non-hydrogen) atoms. The van der Waals surface area contributed by atoms with E-state index in [2.05, 4.69) is 5.32 Å². The molecule has 2 aromatic carbocycles. The second-order valence-electron chi connectivity index (χ2n) is 7.62. The van der Waals surface area contributed by atoms with Crippen LogP contribution >= 0.6 is 0 Å². The Morgan fingerprint density at radius 3 is 2.10 bits per heavy atom. The number of carbonyl (C=O) groups is 2. The van der Waals surface area contributed by atoms with Crippen molar-refractivity contribution in [2.45, 2.75) is 46.3 Å². The third kappa shape index (κ3) is 6.91. The minimum atomic E-state index is -0.655. The average Bonchev–Trinajstić information content (AvgIpc) is 2.75. The van der Waals surface area contributed by atoms with Crippen molar-refractivity contribution >= 4 is 11.8 Å². The predicted octanol–water partition coefficient (Wildman–Crippen LogP) is 3.33. The van der Waals surface area contributed by atoms with Gasteiger partial charge in [-0.15, -0.1) is 0 Å². The summed E-state index contributed by atoms with van der Waals surface area (Å²) in [6.45, 7) is 7.57. The highest BCUT2D eigenvalue weighted by Crippen LogP contribution is 2.27. The van der Waals surface area contributed by atoms with E-state index in [4.69, 9.17) is 14.2 Å². The van der Waals surface area contributed by atoms with E-state index in [-0.39, 0.29) is 24.5 Å². The van der Waals surface area contributed by atoms with Gasteiger partial charge in [-0.25, -0.2) is 0 Å². The highest BCUT2D eigenvalue weighted by Gasteiger charge is 2.27. The monoisotopic (exact) mass is 428 g/mol. The van der Waals surface area contributed by atoms with E-state index in [1.54, 1.807) is 39.3 Å². The van der Waals surface area contributed by atoms with Gasteiger partial charge in [-0.1, -0.05) is 24.3 Å². The molecule has 168 valence electrons. The number of rotatable bonds is 10. The van der Waals surface area contributed by atoms with Crippen LogP contribution in [-0.4, -0.2) is 49.6 Å². The zero-order chi connectivity index (χ0) is 23.0. The summed E-state index contributed by atoms with van der Waals surface area (Å²) in [5, 5.41) is 2.88. The third-order valence-corrected chi connectivity index (χ3v) is 4.89. The van der Waals surface area contributed by atoms with Crippen LogP contribution in [0.5, 0.6) is 17.2 Å². The van der Waals surface area contributed by atoms with Gasteiger partial charge < -0.3 is 24.4 Å². The molecule has 2 amide bonds. The average molecular weight is 429 g/mol. The van der Waals surface area contributed by atoms with Crippen LogP contribution in [0.15, 0.2) is 42.5 Å². The van der Waals surface area contributed by atoms with E-state index in [1.807, 2.05) is 45.0 Å². The summed E-state index contributed by atoms with van der Waals surface area (Å²) in [6.07, 6.45) is 0. The lowest BCUT2D eigenvalue weighted by Crippen LogP contribution is -2.50. The maximum atomic E-state index is 13.1. The zero-order valence-electron chi connectivity index (χ0n) is 19.1. The smallest absolute Gasteiger partial charge is 0.261 e. The molecule has 0 heterocycles. The first-order valence-corrected chi connectivity index (χ1v) is 10.2. The van der Waals surface area contributed by atoms with Crippen LogP contribution in [0, 0.1) is 6.92 Å². The van der Waals surface area contributed by atoms with Crippen LogP contribution in [0.4, 0.5) is 0 Å². The number of amides is 2. The number of hydrogen-bond acceptors (Lipinski definition) is 5. The van der Waals surface area contributed by atoms with E-state index in [1.165, 1.54) is 4.90 Å². The summed E-state index contributed by atoms with van der Waals surface area (Å²) >= 11 is 0. The summed E-state index contributed by atoms with van der Waals surface area (Å²) < 4.78 is 16.2. The SMILES string of the molecule is COc1cc(OC)cc(OCC(=O)N(Cc2ccccc2C)C(C)C(=O)NC(C)C)c1. The molecule has 0 aliphatic heterocycles. The summed E-state index contributed by atoms with van der Waals surface area (Å²) in [6, 6.07) is 12.2. The molecule has 0 spiro atoms. The molecule has 0 saturated carbocycles. The Kier molecular flexibility index (Phi) is 8.73. The molecule has 1 atom stereocenters. The number of aryl methyl sites for hydroxylation is 1. The molecule has 0 aliphatic carbocycles. The topological polar surface area (TPSA) is 77.1 Å². The van der Waals surface area contributed by atoms with Crippen LogP contribution in [0.1, 0.15) is 31.9 Å². The first-order valence-electron chi connectivity index (χ1n) is 10.2. The number of methoxy groups -OCH3 is 2. The van der Waals surface area contributed by atoms with Gasteiger partial charge in [-0.2, -0.15) is 0 Å². The fourth-order valence-electron chi connectivity index (χ4n) is 3.05.